The van der Waals surface area contributed by atoms with E-state index in [9.17, 15) is 4.79 Å². The largest absolute Gasteiger partial charge is 0.466 e. The molecule has 2 aliphatic heterocycles. The Kier molecular flexibility index (Phi) is 5.77. The first-order chi connectivity index (χ1) is 13.9. The molecule has 0 spiro atoms. The van der Waals surface area contributed by atoms with Gasteiger partial charge in [-0.2, -0.15) is 0 Å². The monoisotopic (exact) mass is 419 g/mol. The van der Waals surface area contributed by atoms with Crippen LogP contribution in [0.4, 0.5) is 0 Å². The Morgan fingerprint density at radius 3 is 3.03 bits per heavy atom. The second-order valence-electron chi connectivity index (χ2n) is 8.75. The zero-order valence-corrected chi connectivity index (χ0v) is 18.1. The van der Waals surface area contributed by atoms with Crippen molar-refractivity contribution in [3.05, 3.63) is 30.4 Å². The molecule has 3 aliphatic rings. The fraction of sp³-hybridized carbons (Fsp3) is 0.667. The molecule has 2 fully saturated rings. The molecule has 0 bridgehead atoms. The standard InChI is InChI=1S/C21H29N3O4S/c1-21-8-4-5-14(12-26-20(29)24-10-9-22-13-24)6-7-15-16(11-23(2)3)19(25)27-17(15)18(21)28-21/h5,9-10,13,15-18H,4,6-8,11-12H2,1-3H3/t15-,16?,17-,18-,21+/m0/s1. The van der Waals surface area contributed by atoms with Gasteiger partial charge in [-0.25, -0.2) is 4.98 Å². The van der Waals surface area contributed by atoms with E-state index in [-0.39, 0.29) is 35.6 Å². The highest BCUT2D eigenvalue weighted by Gasteiger charge is 2.62. The molecule has 1 unspecified atom stereocenters. The van der Waals surface area contributed by atoms with Gasteiger partial charge in [-0.3, -0.25) is 9.36 Å². The van der Waals surface area contributed by atoms with Crippen molar-refractivity contribution in [2.24, 2.45) is 11.8 Å². The van der Waals surface area contributed by atoms with Crippen LogP contribution >= 0.6 is 12.2 Å². The van der Waals surface area contributed by atoms with Crippen molar-refractivity contribution in [2.75, 3.05) is 27.2 Å². The number of ether oxygens (including phenoxy) is 3. The van der Waals surface area contributed by atoms with Crippen LogP contribution in [0.3, 0.4) is 0 Å². The molecule has 2 saturated heterocycles. The molecule has 0 aromatic carbocycles. The van der Waals surface area contributed by atoms with E-state index in [0.717, 1.165) is 25.7 Å². The van der Waals surface area contributed by atoms with Crippen LogP contribution in [-0.4, -0.2) is 70.7 Å². The van der Waals surface area contributed by atoms with E-state index in [1.54, 1.807) is 23.3 Å². The molecule has 0 amide bonds. The van der Waals surface area contributed by atoms with E-state index in [1.807, 2.05) is 14.1 Å². The zero-order valence-electron chi connectivity index (χ0n) is 17.2. The fourth-order valence-electron chi connectivity index (χ4n) is 4.58. The molecule has 0 radical (unpaired) electrons. The van der Waals surface area contributed by atoms with E-state index < -0.39 is 0 Å². The number of nitrogens with zero attached hydrogens (tertiary/aromatic N) is 3. The lowest BCUT2D eigenvalue weighted by atomic mass is 9.80. The Bertz CT molecular complexity index is 794. The normalized spacial score (nSPS) is 34.1. The van der Waals surface area contributed by atoms with Gasteiger partial charge in [0.2, 0.25) is 0 Å². The summed E-state index contributed by atoms with van der Waals surface area (Å²) in [6, 6.07) is 0. The number of thiocarbonyl (C=S) groups is 1. The van der Waals surface area contributed by atoms with Crippen LogP contribution in [0.25, 0.3) is 0 Å². The van der Waals surface area contributed by atoms with Gasteiger partial charge in [0.15, 0.2) is 0 Å². The van der Waals surface area contributed by atoms with E-state index in [4.69, 9.17) is 26.4 Å². The van der Waals surface area contributed by atoms with Crippen molar-refractivity contribution in [1.82, 2.24) is 14.5 Å². The van der Waals surface area contributed by atoms with Gasteiger partial charge in [-0.15, -0.1) is 0 Å². The smallest absolute Gasteiger partial charge is 0.311 e. The molecule has 3 heterocycles. The minimum Gasteiger partial charge on any atom is -0.466 e. The molecule has 29 heavy (non-hydrogen) atoms. The molecule has 1 aromatic heterocycles. The molecule has 7 nitrogen and oxygen atoms in total. The van der Waals surface area contributed by atoms with Crippen LogP contribution < -0.4 is 0 Å². The van der Waals surface area contributed by atoms with Gasteiger partial charge in [0.25, 0.3) is 5.17 Å². The average Bonchev–Trinajstić information content (AvgIpc) is 3.00. The summed E-state index contributed by atoms with van der Waals surface area (Å²) >= 11 is 5.33. The van der Waals surface area contributed by atoms with E-state index >= 15 is 0 Å². The number of esters is 1. The van der Waals surface area contributed by atoms with Crippen molar-refractivity contribution >= 4 is 23.4 Å². The Morgan fingerprint density at radius 1 is 1.48 bits per heavy atom. The number of fused-ring (bicyclic) bond motifs is 3. The number of carbonyl (C=O) groups excluding carboxylic acids is 1. The molecule has 1 aromatic rings. The van der Waals surface area contributed by atoms with Crippen LogP contribution in [0.15, 0.2) is 30.4 Å². The molecule has 0 saturated carbocycles. The van der Waals surface area contributed by atoms with Crippen LogP contribution in [0.1, 0.15) is 32.6 Å². The number of allylic oxidation sites excluding steroid dienone is 1. The number of aromatic nitrogens is 2. The lowest BCUT2D eigenvalue weighted by Crippen LogP contribution is -2.34. The summed E-state index contributed by atoms with van der Waals surface area (Å²) in [5.41, 5.74) is 0.999. The van der Waals surface area contributed by atoms with Crippen molar-refractivity contribution < 1.29 is 19.0 Å². The number of rotatable bonds is 4. The first-order valence-corrected chi connectivity index (χ1v) is 10.6. The van der Waals surface area contributed by atoms with Crippen LogP contribution in [0.2, 0.25) is 0 Å². The van der Waals surface area contributed by atoms with Crippen molar-refractivity contribution in [2.45, 2.75) is 50.4 Å². The molecular formula is C21H29N3O4S. The van der Waals surface area contributed by atoms with Gasteiger partial charge in [-0.1, -0.05) is 6.08 Å². The molecular weight excluding hydrogens is 390 g/mol. The van der Waals surface area contributed by atoms with E-state index in [1.165, 1.54) is 5.57 Å². The summed E-state index contributed by atoms with van der Waals surface area (Å²) in [6.07, 6.45) is 10.7. The quantitative estimate of drug-likeness (QED) is 0.321. The highest BCUT2D eigenvalue weighted by atomic mass is 32.1. The number of carbonyl (C=O) groups is 1. The second kappa shape index (κ2) is 8.16. The van der Waals surface area contributed by atoms with Gasteiger partial charge in [-0.05, 0) is 64.5 Å². The Morgan fingerprint density at radius 2 is 2.31 bits per heavy atom. The number of hydrogen-bond donors (Lipinski definition) is 0. The Hall–Kier alpha value is -1.77. The fourth-order valence-corrected chi connectivity index (χ4v) is 4.75. The maximum absolute atomic E-state index is 12.6. The van der Waals surface area contributed by atoms with Crippen LogP contribution in [0.5, 0.6) is 0 Å². The van der Waals surface area contributed by atoms with Gasteiger partial charge in [0, 0.05) is 24.9 Å². The van der Waals surface area contributed by atoms with Crippen LogP contribution in [0, 0.1) is 11.8 Å². The SMILES string of the molecule is CN(C)CC1C(=O)O[C@H]2[C@H]1CCC(COC(=S)n1ccnc1)=CCC[C@@]1(C)O[C@@H]21. The first-order valence-electron chi connectivity index (χ1n) is 10.2. The number of imidazole rings is 1. The van der Waals surface area contributed by atoms with Gasteiger partial charge in [0.05, 0.1) is 11.5 Å². The van der Waals surface area contributed by atoms with Crippen molar-refractivity contribution in [1.29, 1.82) is 0 Å². The van der Waals surface area contributed by atoms with Crippen molar-refractivity contribution in [3.63, 3.8) is 0 Å². The third kappa shape index (κ3) is 4.39. The molecule has 5 atom stereocenters. The predicted molar refractivity (Wildman–Crippen MR) is 111 cm³/mol. The molecule has 8 heteroatoms. The minimum absolute atomic E-state index is 0.0173. The Labute approximate surface area is 177 Å². The molecule has 4 rings (SSSR count). The third-order valence-electron chi connectivity index (χ3n) is 6.26. The van der Waals surface area contributed by atoms with Gasteiger partial charge < -0.3 is 19.1 Å². The summed E-state index contributed by atoms with van der Waals surface area (Å²) in [6.45, 7) is 3.27. The van der Waals surface area contributed by atoms with Gasteiger partial charge >= 0.3 is 5.97 Å². The maximum atomic E-state index is 12.6. The lowest BCUT2D eigenvalue weighted by molar-refractivity contribution is -0.145. The number of hydrogen-bond acceptors (Lipinski definition) is 7. The first kappa shape index (κ1) is 20.5. The number of epoxide rings is 1. The predicted octanol–water partition coefficient (Wildman–Crippen LogP) is 2.41. The summed E-state index contributed by atoms with van der Waals surface area (Å²) in [4.78, 5) is 18.7. The summed E-state index contributed by atoms with van der Waals surface area (Å²) in [7, 11) is 3.99. The highest BCUT2D eigenvalue weighted by Crippen LogP contribution is 2.50. The molecule has 1 aliphatic carbocycles. The van der Waals surface area contributed by atoms with Crippen LogP contribution in [-0.2, 0) is 19.0 Å². The highest BCUT2D eigenvalue weighted by molar-refractivity contribution is 7.80. The Balaban J connectivity index is 1.47. The lowest BCUT2D eigenvalue weighted by Gasteiger charge is -2.24. The maximum Gasteiger partial charge on any atom is 0.311 e. The minimum atomic E-state index is -0.206. The van der Waals surface area contributed by atoms with E-state index in [0.29, 0.717) is 18.3 Å². The topological polar surface area (TPSA) is 69.1 Å². The molecule has 0 N–H and O–H groups in total. The summed E-state index contributed by atoms with van der Waals surface area (Å²) in [5, 5.41) is 0.390. The average molecular weight is 420 g/mol. The third-order valence-corrected chi connectivity index (χ3v) is 6.59. The van der Waals surface area contributed by atoms with E-state index in [2.05, 4.69) is 22.9 Å². The molecule has 158 valence electrons. The summed E-state index contributed by atoms with van der Waals surface area (Å²) < 4.78 is 19.4. The zero-order chi connectivity index (χ0) is 20.6. The summed E-state index contributed by atoms with van der Waals surface area (Å²) in [5.74, 6) is -0.0512. The van der Waals surface area contributed by atoms with Crippen molar-refractivity contribution in [3.8, 4) is 0 Å². The van der Waals surface area contributed by atoms with Gasteiger partial charge in [0.1, 0.15) is 25.1 Å². The second-order valence-corrected chi connectivity index (χ2v) is 9.10.